The quantitative estimate of drug-likeness (QED) is 0.726. The zero-order valence-electron chi connectivity index (χ0n) is 11.4. The molecule has 2 heterocycles. The molecule has 2 aromatic carbocycles. The lowest BCUT2D eigenvalue weighted by Gasteiger charge is -2.25. The highest BCUT2D eigenvalue weighted by Gasteiger charge is 2.22. The molecule has 0 bridgehead atoms. The second kappa shape index (κ2) is 5.19. The van der Waals surface area contributed by atoms with E-state index in [1.165, 1.54) is 4.88 Å². The second-order valence-electron chi connectivity index (χ2n) is 4.95. The first-order valence-corrected chi connectivity index (χ1v) is 7.82. The average molecular weight is 290 g/mol. The summed E-state index contributed by atoms with van der Waals surface area (Å²) in [7, 11) is 0. The van der Waals surface area contributed by atoms with Crippen LogP contribution in [0, 0.1) is 0 Å². The highest BCUT2D eigenvalue weighted by atomic mass is 32.1. The van der Waals surface area contributed by atoms with E-state index in [1.807, 2.05) is 6.07 Å². The summed E-state index contributed by atoms with van der Waals surface area (Å²) < 4.78 is 0. The molecule has 21 heavy (non-hydrogen) atoms. The van der Waals surface area contributed by atoms with Gasteiger partial charge < -0.3 is 5.32 Å². The number of para-hydroxylation sites is 1. The Morgan fingerprint density at radius 3 is 2.48 bits per heavy atom. The lowest BCUT2D eigenvalue weighted by Crippen LogP contribution is -2.19. The summed E-state index contributed by atoms with van der Waals surface area (Å²) in [6.45, 7) is 0. The number of aliphatic imine (C=N–C) groups is 1. The molecule has 0 aliphatic carbocycles. The fourth-order valence-electron chi connectivity index (χ4n) is 2.60. The van der Waals surface area contributed by atoms with Gasteiger partial charge in [-0.15, -0.1) is 11.3 Å². The first-order valence-electron chi connectivity index (χ1n) is 6.94. The van der Waals surface area contributed by atoms with E-state index in [1.54, 1.807) is 11.3 Å². The third-order valence-corrected chi connectivity index (χ3v) is 4.52. The number of nitrogens with zero attached hydrogens (tertiary/aromatic N) is 1. The van der Waals surface area contributed by atoms with Crippen molar-refractivity contribution in [2.45, 2.75) is 6.17 Å². The van der Waals surface area contributed by atoms with E-state index in [-0.39, 0.29) is 6.17 Å². The van der Waals surface area contributed by atoms with Crippen molar-refractivity contribution in [3.05, 3.63) is 88.1 Å². The van der Waals surface area contributed by atoms with Crippen LogP contribution in [0.5, 0.6) is 0 Å². The summed E-state index contributed by atoms with van der Waals surface area (Å²) in [5.41, 5.74) is 4.53. The number of fused-ring (bicyclic) bond motifs is 1. The van der Waals surface area contributed by atoms with Gasteiger partial charge in [-0.05, 0) is 17.5 Å². The van der Waals surface area contributed by atoms with Crippen molar-refractivity contribution in [2.75, 3.05) is 5.32 Å². The summed E-state index contributed by atoms with van der Waals surface area (Å²) >= 11 is 1.73. The minimum absolute atomic E-state index is 0.00453. The maximum Gasteiger partial charge on any atom is 0.154 e. The van der Waals surface area contributed by atoms with E-state index < -0.39 is 0 Å². The molecule has 1 aliphatic heterocycles. The van der Waals surface area contributed by atoms with Gasteiger partial charge in [-0.3, -0.25) is 4.99 Å². The molecule has 1 N–H and O–H groups in total. The second-order valence-corrected chi connectivity index (χ2v) is 5.93. The zero-order chi connectivity index (χ0) is 14.1. The van der Waals surface area contributed by atoms with Gasteiger partial charge in [0, 0.05) is 21.7 Å². The molecule has 1 aromatic heterocycles. The summed E-state index contributed by atoms with van der Waals surface area (Å²) in [4.78, 5) is 6.19. The van der Waals surface area contributed by atoms with Crippen LogP contribution in [-0.2, 0) is 0 Å². The third kappa shape index (κ3) is 2.26. The van der Waals surface area contributed by atoms with Gasteiger partial charge in [0.25, 0.3) is 0 Å². The number of rotatable bonds is 2. The molecule has 3 heteroatoms. The van der Waals surface area contributed by atoms with Crippen LogP contribution in [0.15, 0.2) is 77.1 Å². The van der Waals surface area contributed by atoms with Crippen molar-refractivity contribution in [1.82, 2.24) is 0 Å². The molecule has 0 amide bonds. The molecule has 1 aliphatic rings. The van der Waals surface area contributed by atoms with Gasteiger partial charge in [0.1, 0.15) is 0 Å². The molecule has 0 spiro atoms. The zero-order valence-corrected chi connectivity index (χ0v) is 12.2. The number of nitrogens with one attached hydrogen (secondary N) is 1. The molecule has 2 nitrogen and oxygen atoms in total. The molecular weight excluding hydrogens is 276 g/mol. The highest BCUT2D eigenvalue weighted by Crippen LogP contribution is 2.33. The van der Waals surface area contributed by atoms with Crippen LogP contribution in [0.25, 0.3) is 0 Å². The van der Waals surface area contributed by atoms with Crippen molar-refractivity contribution in [1.29, 1.82) is 0 Å². The SMILES string of the molecule is c1ccc(C2=NC(c3cccs3)Nc3ccccc32)cc1. The summed E-state index contributed by atoms with van der Waals surface area (Å²) in [6.07, 6.45) is -0.00453. The molecule has 0 radical (unpaired) electrons. The fraction of sp³-hybridized carbons (Fsp3) is 0.0556. The van der Waals surface area contributed by atoms with Crippen molar-refractivity contribution >= 4 is 22.7 Å². The predicted molar refractivity (Wildman–Crippen MR) is 89.2 cm³/mol. The summed E-state index contributed by atoms with van der Waals surface area (Å²) in [5.74, 6) is 0. The van der Waals surface area contributed by atoms with Crippen LogP contribution in [0.3, 0.4) is 0 Å². The molecule has 3 aromatic rings. The third-order valence-electron chi connectivity index (χ3n) is 3.59. The topological polar surface area (TPSA) is 24.4 Å². The summed E-state index contributed by atoms with van der Waals surface area (Å²) in [6, 6.07) is 22.9. The van der Waals surface area contributed by atoms with E-state index in [0.717, 1.165) is 22.5 Å². The Balaban J connectivity index is 1.87. The Labute approximate surface area is 127 Å². The molecular formula is C18H14N2S. The normalized spacial score (nSPS) is 16.8. The van der Waals surface area contributed by atoms with Crippen LogP contribution in [0.2, 0.25) is 0 Å². The lowest BCUT2D eigenvalue weighted by atomic mass is 9.98. The number of hydrogen-bond donors (Lipinski definition) is 1. The Kier molecular flexibility index (Phi) is 3.05. The summed E-state index contributed by atoms with van der Waals surface area (Å²) in [5, 5.41) is 5.61. The Bertz CT molecular complexity index is 776. The van der Waals surface area contributed by atoms with Gasteiger partial charge in [-0.1, -0.05) is 54.6 Å². The van der Waals surface area contributed by atoms with Gasteiger partial charge in [0.15, 0.2) is 6.17 Å². The van der Waals surface area contributed by atoms with E-state index in [4.69, 9.17) is 4.99 Å². The largest absolute Gasteiger partial charge is 0.359 e. The van der Waals surface area contributed by atoms with Gasteiger partial charge in [-0.25, -0.2) is 0 Å². The van der Waals surface area contributed by atoms with Crippen molar-refractivity contribution in [3.63, 3.8) is 0 Å². The number of thiophene rings is 1. The smallest absolute Gasteiger partial charge is 0.154 e. The van der Waals surface area contributed by atoms with Crippen LogP contribution >= 0.6 is 11.3 Å². The predicted octanol–water partition coefficient (Wildman–Crippen LogP) is 4.71. The minimum Gasteiger partial charge on any atom is -0.359 e. The monoisotopic (exact) mass is 290 g/mol. The van der Waals surface area contributed by atoms with E-state index in [2.05, 4.69) is 71.4 Å². The van der Waals surface area contributed by atoms with Crippen LogP contribution in [0.1, 0.15) is 22.2 Å². The number of anilines is 1. The molecule has 1 unspecified atom stereocenters. The van der Waals surface area contributed by atoms with Gasteiger partial charge >= 0.3 is 0 Å². The lowest BCUT2D eigenvalue weighted by molar-refractivity contribution is 0.847. The Hall–Kier alpha value is -2.39. The van der Waals surface area contributed by atoms with E-state index in [0.29, 0.717) is 0 Å². The highest BCUT2D eigenvalue weighted by molar-refractivity contribution is 7.10. The van der Waals surface area contributed by atoms with Crippen LogP contribution in [0.4, 0.5) is 5.69 Å². The Morgan fingerprint density at radius 1 is 0.857 bits per heavy atom. The number of hydrogen-bond acceptors (Lipinski definition) is 3. The maximum atomic E-state index is 4.95. The molecule has 0 saturated carbocycles. The molecule has 4 rings (SSSR count). The molecule has 102 valence electrons. The minimum atomic E-state index is -0.00453. The Morgan fingerprint density at radius 2 is 1.67 bits per heavy atom. The maximum absolute atomic E-state index is 4.95. The standard InChI is InChI=1S/C18H14N2S/c1-2-7-13(8-3-1)17-14-9-4-5-10-15(14)19-18(20-17)16-11-6-12-21-16/h1-12,18-19H. The first kappa shape index (κ1) is 12.4. The average Bonchev–Trinajstić information content (AvgIpc) is 3.09. The number of benzene rings is 2. The van der Waals surface area contributed by atoms with Gasteiger partial charge in [0.05, 0.1) is 5.71 Å². The van der Waals surface area contributed by atoms with E-state index >= 15 is 0 Å². The van der Waals surface area contributed by atoms with E-state index in [9.17, 15) is 0 Å². The van der Waals surface area contributed by atoms with Crippen molar-refractivity contribution in [3.8, 4) is 0 Å². The van der Waals surface area contributed by atoms with Gasteiger partial charge in [0.2, 0.25) is 0 Å². The molecule has 0 fully saturated rings. The van der Waals surface area contributed by atoms with Crippen molar-refractivity contribution < 1.29 is 0 Å². The first-order chi connectivity index (χ1) is 10.4. The van der Waals surface area contributed by atoms with Crippen molar-refractivity contribution in [2.24, 2.45) is 4.99 Å². The molecule has 0 saturated heterocycles. The van der Waals surface area contributed by atoms with Crippen LogP contribution < -0.4 is 5.32 Å². The van der Waals surface area contributed by atoms with Gasteiger partial charge in [-0.2, -0.15) is 0 Å². The van der Waals surface area contributed by atoms with Crippen LogP contribution in [-0.4, -0.2) is 5.71 Å². The molecule has 1 atom stereocenters. The fourth-order valence-corrected chi connectivity index (χ4v) is 3.31.